The molecule has 5 nitrogen and oxygen atoms in total. The van der Waals surface area contributed by atoms with Crippen LogP contribution in [0, 0.1) is 0 Å². The molecule has 3 rings (SSSR count). The summed E-state index contributed by atoms with van der Waals surface area (Å²) in [4.78, 5) is -0.00252. The number of hydrogen-bond donors (Lipinski definition) is 1. The fourth-order valence-corrected chi connectivity index (χ4v) is 3.62. The number of nitrogens with two attached hydrogens (primary N) is 1. The van der Waals surface area contributed by atoms with Crippen molar-refractivity contribution in [3.8, 4) is 0 Å². The summed E-state index contributed by atoms with van der Waals surface area (Å²) in [6.45, 7) is 0. The van der Waals surface area contributed by atoms with Gasteiger partial charge in [0, 0.05) is 16.5 Å². The van der Waals surface area contributed by atoms with Crippen LogP contribution in [-0.2, 0) is 20.8 Å². The van der Waals surface area contributed by atoms with E-state index in [1.807, 2.05) is 24.3 Å². The molecule has 0 atom stereocenters. The highest BCUT2D eigenvalue weighted by Gasteiger charge is 2.16. The maximum Gasteiger partial charge on any atom is 0.358 e. The van der Waals surface area contributed by atoms with Crippen LogP contribution >= 0.6 is 23.2 Å². The molecule has 26 heavy (non-hydrogen) atoms. The number of rotatable bonds is 5. The molecule has 2 N–H and O–H groups in total. The van der Waals surface area contributed by atoms with Crippen molar-refractivity contribution in [2.75, 3.05) is 0 Å². The van der Waals surface area contributed by atoms with Crippen molar-refractivity contribution in [2.45, 2.75) is 11.3 Å². The van der Waals surface area contributed by atoms with E-state index in [1.165, 1.54) is 12.1 Å². The van der Waals surface area contributed by atoms with Gasteiger partial charge in [0.1, 0.15) is 10.7 Å². The molecule has 0 heterocycles. The monoisotopic (exact) mass is 408 g/mol. The van der Waals surface area contributed by atoms with Gasteiger partial charge in [0.05, 0.1) is 0 Å². The number of fused-ring (bicyclic) bond motifs is 1. The number of oxime groups is 1. The minimum absolute atomic E-state index is 0.00252. The van der Waals surface area contributed by atoms with Gasteiger partial charge in [0.25, 0.3) is 0 Å². The summed E-state index contributed by atoms with van der Waals surface area (Å²) in [5.41, 5.74) is 6.41. The zero-order chi connectivity index (χ0) is 18.7. The summed E-state index contributed by atoms with van der Waals surface area (Å²) >= 11 is 11.9. The Balaban J connectivity index is 1.78. The summed E-state index contributed by atoms with van der Waals surface area (Å²) < 4.78 is 29.4. The summed E-state index contributed by atoms with van der Waals surface area (Å²) in [6.07, 6.45) is 0.128. The van der Waals surface area contributed by atoms with E-state index in [0.717, 1.165) is 10.8 Å². The molecular formula is C18H14Cl2N2O3S. The van der Waals surface area contributed by atoms with Crippen molar-refractivity contribution in [3.63, 3.8) is 0 Å². The van der Waals surface area contributed by atoms with Crippen molar-refractivity contribution in [3.05, 3.63) is 76.3 Å². The average Bonchev–Trinajstić information content (AvgIpc) is 2.62. The molecule has 0 aliphatic heterocycles. The first-order valence-corrected chi connectivity index (χ1v) is 9.70. The summed E-state index contributed by atoms with van der Waals surface area (Å²) in [5.74, 6) is -0.0291. The first-order valence-electron chi connectivity index (χ1n) is 7.54. The summed E-state index contributed by atoms with van der Waals surface area (Å²) in [5, 5.41) is 6.13. The largest absolute Gasteiger partial charge is 0.384 e. The molecule has 8 heteroatoms. The predicted octanol–water partition coefficient (Wildman–Crippen LogP) is 4.37. The van der Waals surface area contributed by atoms with Gasteiger partial charge in [0.2, 0.25) is 0 Å². The van der Waals surface area contributed by atoms with Crippen LogP contribution in [0.4, 0.5) is 0 Å². The molecule has 3 aromatic rings. The molecule has 3 aromatic carbocycles. The fraction of sp³-hybridized carbons (Fsp3) is 0.0556. The van der Waals surface area contributed by atoms with Crippen LogP contribution in [0.2, 0.25) is 10.0 Å². The molecule has 0 unspecified atom stereocenters. The third-order valence-corrected chi connectivity index (χ3v) is 5.34. The molecule has 134 valence electrons. The third kappa shape index (κ3) is 4.27. The maximum atomic E-state index is 12.3. The number of hydrogen-bond acceptors (Lipinski definition) is 4. The van der Waals surface area contributed by atoms with E-state index >= 15 is 0 Å². The molecule has 0 saturated carbocycles. The van der Waals surface area contributed by atoms with Crippen molar-refractivity contribution < 1.29 is 12.7 Å². The molecule has 0 aliphatic rings. The molecule has 0 fully saturated rings. The zero-order valence-corrected chi connectivity index (χ0v) is 15.7. The Morgan fingerprint density at radius 1 is 1.00 bits per heavy atom. The van der Waals surface area contributed by atoms with Gasteiger partial charge in [-0.1, -0.05) is 64.8 Å². The van der Waals surface area contributed by atoms with E-state index in [-0.39, 0.29) is 17.2 Å². The number of amidine groups is 1. The van der Waals surface area contributed by atoms with Crippen molar-refractivity contribution >= 4 is 49.9 Å². The van der Waals surface area contributed by atoms with Crippen molar-refractivity contribution in [1.29, 1.82) is 0 Å². The number of halogens is 2. The van der Waals surface area contributed by atoms with Crippen LogP contribution in [0.3, 0.4) is 0 Å². The molecule has 0 amide bonds. The molecule has 0 bridgehead atoms. The van der Waals surface area contributed by atoms with E-state index in [2.05, 4.69) is 5.16 Å². The van der Waals surface area contributed by atoms with Crippen LogP contribution in [0.15, 0.2) is 70.7 Å². The molecule has 0 spiro atoms. The van der Waals surface area contributed by atoms with Gasteiger partial charge < -0.3 is 5.73 Å². The molecule has 0 saturated heterocycles. The van der Waals surface area contributed by atoms with Gasteiger partial charge in [-0.25, -0.2) is 0 Å². The Bertz CT molecular complexity index is 1100. The van der Waals surface area contributed by atoms with Crippen molar-refractivity contribution in [2.24, 2.45) is 10.9 Å². The smallest absolute Gasteiger partial charge is 0.358 e. The Hall–Kier alpha value is -2.28. The summed E-state index contributed by atoms with van der Waals surface area (Å²) in [7, 11) is -4.08. The highest BCUT2D eigenvalue weighted by molar-refractivity contribution is 7.86. The lowest BCUT2D eigenvalue weighted by Crippen LogP contribution is -2.17. The van der Waals surface area contributed by atoms with Gasteiger partial charge in [-0.15, -0.1) is 0 Å². The van der Waals surface area contributed by atoms with Gasteiger partial charge in [-0.2, -0.15) is 8.42 Å². The predicted molar refractivity (Wildman–Crippen MR) is 104 cm³/mol. The zero-order valence-electron chi connectivity index (χ0n) is 13.4. The van der Waals surface area contributed by atoms with Crippen LogP contribution in [0.25, 0.3) is 10.8 Å². The van der Waals surface area contributed by atoms with E-state index < -0.39 is 10.1 Å². The average molecular weight is 409 g/mol. The second-order valence-corrected chi connectivity index (χ2v) is 7.91. The maximum absolute atomic E-state index is 12.3. The normalized spacial score (nSPS) is 12.3. The topological polar surface area (TPSA) is 81.8 Å². The van der Waals surface area contributed by atoms with Gasteiger partial charge in [-0.3, -0.25) is 4.28 Å². The van der Waals surface area contributed by atoms with Gasteiger partial charge >= 0.3 is 10.1 Å². The van der Waals surface area contributed by atoms with E-state index in [4.69, 9.17) is 33.2 Å². The minimum Gasteiger partial charge on any atom is -0.384 e. The second-order valence-electron chi connectivity index (χ2n) is 5.53. The number of nitrogens with zero attached hydrogens (tertiary/aromatic N) is 1. The van der Waals surface area contributed by atoms with Crippen molar-refractivity contribution in [1.82, 2.24) is 0 Å². The highest BCUT2D eigenvalue weighted by Crippen LogP contribution is 2.22. The molecular weight excluding hydrogens is 395 g/mol. The lowest BCUT2D eigenvalue weighted by Gasteiger charge is -2.06. The van der Waals surface area contributed by atoms with E-state index in [0.29, 0.717) is 15.6 Å². The lowest BCUT2D eigenvalue weighted by molar-refractivity contribution is 0.337. The van der Waals surface area contributed by atoms with Crippen LogP contribution in [0.5, 0.6) is 0 Å². The van der Waals surface area contributed by atoms with E-state index in [1.54, 1.807) is 24.3 Å². The third-order valence-electron chi connectivity index (χ3n) is 3.65. The Kier molecular flexibility index (Phi) is 5.36. The Morgan fingerprint density at radius 3 is 2.46 bits per heavy atom. The Morgan fingerprint density at radius 2 is 1.73 bits per heavy atom. The summed E-state index contributed by atoms with van der Waals surface area (Å²) in [6, 6.07) is 17.0. The van der Waals surface area contributed by atoms with Crippen LogP contribution < -0.4 is 5.73 Å². The number of benzene rings is 3. The van der Waals surface area contributed by atoms with Gasteiger partial charge in [0.15, 0.2) is 0 Å². The van der Waals surface area contributed by atoms with Crippen LogP contribution in [-0.4, -0.2) is 14.3 Å². The highest BCUT2D eigenvalue weighted by atomic mass is 35.5. The lowest BCUT2D eigenvalue weighted by atomic mass is 10.1. The van der Waals surface area contributed by atoms with E-state index in [9.17, 15) is 8.42 Å². The SMILES string of the molecule is N/C(Cc1ccc(Cl)cc1Cl)=N\OS(=O)(=O)c1ccc2ccccc2c1. The van der Waals surface area contributed by atoms with Gasteiger partial charge in [-0.05, 0) is 40.6 Å². The minimum atomic E-state index is -4.08. The molecule has 0 aliphatic carbocycles. The first kappa shape index (κ1) is 18.5. The standard InChI is InChI=1S/C18H14Cl2N2O3S/c19-15-7-5-14(17(20)11-15)10-18(21)22-25-26(23,24)16-8-6-12-3-1-2-4-13(12)9-16/h1-9,11H,10H2,(H2,21,22). The first-order chi connectivity index (χ1) is 12.3. The van der Waals surface area contributed by atoms with Crippen LogP contribution in [0.1, 0.15) is 5.56 Å². The Labute approximate surface area is 161 Å². The second kappa shape index (κ2) is 7.53. The molecule has 0 radical (unpaired) electrons. The molecule has 0 aromatic heterocycles. The fourth-order valence-electron chi connectivity index (χ4n) is 2.36. The quantitative estimate of drug-likeness (QED) is 0.386.